The first-order valence-corrected chi connectivity index (χ1v) is 7.62. The van der Waals surface area contributed by atoms with Crippen LogP contribution in [0.3, 0.4) is 0 Å². The third-order valence-electron chi connectivity index (χ3n) is 4.03. The number of rotatable bonds is 1. The molecule has 2 aromatic rings. The average molecular weight is 304 g/mol. The van der Waals surface area contributed by atoms with E-state index in [2.05, 4.69) is 17.2 Å². The highest BCUT2D eigenvalue weighted by Crippen LogP contribution is 2.28. The molecule has 0 radical (unpaired) electrons. The Labute approximate surface area is 129 Å². The van der Waals surface area contributed by atoms with Gasteiger partial charge >= 0.3 is 6.03 Å². The molecule has 21 heavy (non-hydrogen) atoms. The van der Waals surface area contributed by atoms with Gasteiger partial charge in [0.05, 0.1) is 16.2 Å². The van der Waals surface area contributed by atoms with Gasteiger partial charge in [0.2, 0.25) is 0 Å². The molecule has 110 valence electrons. The number of pyridine rings is 1. The van der Waals surface area contributed by atoms with Gasteiger partial charge in [0.15, 0.2) is 0 Å². The number of aromatic nitrogens is 1. The van der Waals surface area contributed by atoms with Crippen molar-refractivity contribution in [1.82, 2.24) is 9.88 Å². The largest absolute Gasteiger partial charge is 0.325 e. The number of halogens is 1. The Hall–Kier alpha value is -1.81. The number of likely N-dealkylation sites (tertiary alicyclic amines) is 1. The summed E-state index contributed by atoms with van der Waals surface area (Å²) in [6, 6.07) is 7.28. The smallest absolute Gasteiger partial charge is 0.321 e. The van der Waals surface area contributed by atoms with Crippen molar-refractivity contribution in [2.45, 2.75) is 19.8 Å². The summed E-state index contributed by atoms with van der Waals surface area (Å²) < 4.78 is 0. The molecule has 4 nitrogen and oxygen atoms in total. The van der Waals surface area contributed by atoms with Crippen LogP contribution >= 0.6 is 11.6 Å². The zero-order valence-corrected chi connectivity index (χ0v) is 12.7. The molecular weight excluding hydrogens is 286 g/mol. The van der Waals surface area contributed by atoms with Crippen molar-refractivity contribution in [1.29, 1.82) is 0 Å². The van der Waals surface area contributed by atoms with Crippen molar-refractivity contribution in [3.05, 3.63) is 35.5 Å². The lowest BCUT2D eigenvalue weighted by atomic mass is 10.00. The third-order valence-corrected chi connectivity index (χ3v) is 4.36. The molecule has 1 N–H and O–H groups in total. The second-order valence-corrected chi connectivity index (χ2v) is 6.00. The van der Waals surface area contributed by atoms with Crippen molar-refractivity contribution >= 4 is 34.2 Å². The number of nitrogens with zero attached hydrogens (tertiary/aromatic N) is 2. The second kappa shape index (κ2) is 5.90. The normalized spacial score (nSPS) is 16.2. The molecule has 1 aromatic carbocycles. The van der Waals surface area contributed by atoms with E-state index in [0.717, 1.165) is 36.8 Å². The number of hydrogen-bond acceptors (Lipinski definition) is 2. The van der Waals surface area contributed by atoms with Crippen molar-refractivity contribution in [2.24, 2.45) is 5.92 Å². The van der Waals surface area contributed by atoms with E-state index >= 15 is 0 Å². The predicted octanol–water partition coefficient (Wildman–Crippen LogP) is 4.15. The minimum Gasteiger partial charge on any atom is -0.325 e. The number of carbonyl (C=O) groups excluding carboxylic acids is 1. The molecule has 2 amide bonds. The third kappa shape index (κ3) is 2.95. The number of benzene rings is 1. The molecule has 5 heteroatoms. The summed E-state index contributed by atoms with van der Waals surface area (Å²) in [6.45, 7) is 3.85. The predicted molar refractivity (Wildman–Crippen MR) is 85.7 cm³/mol. The van der Waals surface area contributed by atoms with Gasteiger partial charge in [-0.25, -0.2) is 4.79 Å². The van der Waals surface area contributed by atoms with E-state index in [4.69, 9.17) is 11.6 Å². The fraction of sp³-hybridized carbons (Fsp3) is 0.375. The van der Waals surface area contributed by atoms with Gasteiger partial charge in [-0.1, -0.05) is 18.5 Å². The number of fused-ring (bicyclic) bond motifs is 1. The summed E-state index contributed by atoms with van der Waals surface area (Å²) in [4.78, 5) is 18.6. The minimum absolute atomic E-state index is 0.0591. The van der Waals surface area contributed by atoms with Gasteiger partial charge < -0.3 is 10.2 Å². The molecular formula is C16H18ClN3O. The SMILES string of the molecule is CC1CCN(C(=O)Nc2ccc(Cl)c3cccnc23)CC1. The number of hydrogen-bond donors (Lipinski definition) is 1. The highest BCUT2D eigenvalue weighted by molar-refractivity contribution is 6.35. The minimum atomic E-state index is -0.0591. The zero-order chi connectivity index (χ0) is 14.8. The fourth-order valence-corrected chi connectivity index (χ4v) is 2.86. The van der Waals surface area contributed by atoms with Crippen molar-refractivity contribution in [3.8, 4) is 0 Å². The number of nitrogens with one attached hydrogen (secondary N) is 1. The maximum absolute atomic E-state index is 12.4. The summed E-state index contributed by atoms with van der Waals surface area (Å²) in [5.74, 6) is 0.701. The lowest BCUT2D eigenvalue weighted by Crippen LogP contribution is -2.40. The summed E-state index contributed by atoms with van der Waals surface area (Å²) in [6.07, 6.45) is 3.83. The Morgan fingerprint density at radius 2 is 2.10 bits per heavy atom. The molecule has 0 aliphatic carbocycles. The maximum atomic E-state index is 12.4. The fourth-order valence-electron chi connectivity index (χ4n) is 2.64. The van der Waals surface area contributed by atoms with Crippen LogP contribution in [0, 0.1) is 5.92 Å². The van der Waals surface area contributed by atoms with Crippen LogP contribution in [0.1, 0.15) is 19.8 Å². The first-order chi connectivity index (χ1) is 10.1. The van der Waals surface area contributed by atoms with Gasteiger partial charge in [-0.3, -0.25) is 4.98 Å². The maximum Gasteiger partial charge on any atom is 0.321 e. The van der Waals surface area contributed by atoms with Crippen LogP contribution in [-0.4, -0.2) is 29.0 Å². The van der Waals surface area contributed by atoms with Gasteiger partial charge in [0.25, 0.3) is 0 Å². The van der Waals surface area contributed by atoms with E-state index in [1.54, 1.807) is 12.3 Å². The topological polar surface area (TPSA) is 45.2 Å². The van der Waals surface area contributed by atoms with E-state index in [-0.39, 0.29) is 6.03 Å². The van der Waals surface area contributed by atoms with Crippen LogP contribution in [0.2, 0.25) is 5.02 Å². The van der Waals surface area contributed by atoms with Crippen LogP contribution in [0.25, 0.3) is 10.9 Å². The molecule has 0 unspecified atom stereocenters. The molecule has 3 rings (SSSR count). The van der Waals surface area contributed by atoms with Gasteiger partial charge in [0.1, 0.15) is 0 Å². The van der Waals surface area contributed by atoms with E-state index in [1.807, 2.05) is 23.1 Å². The summed E-state index contributed by atoms with van der Waals surface area (Å²) in [5.41, 5.74) is 1.43. The summed E-state index contributed by atoms with van der Waals surface area (Å²) in [7, 11) is 0. The van der Waals surface area contributed by atoms with Crippen LogP contribution in [-0.2, 0) is 0 Å². The highest BCUT2D eigenvalue weighted by Gasteiger charge is 2.20. The number of urea groups is 1. The number of amides is 2. The molecule has 0 spiro atoms. The standard InChI is InChI=1S/C16H18ClN3O/c1-11-6-9-20(10-7-11)16(21)19-14-5-4-13(17)12-3-2-8-18-15(12)14/h2-5,8,11H,6-7,9-10H2,1H3,(H,19,21). The number of anilines is 1. The molecule has 0 bridgehead atoms. The number of carbonyl (C=O) groups is 1. The molecule has 0 atom stereocenters. The number of piperidine rings is 1. The van der Waals surface area contributed by atoms with Crippen molar-refractivity contribution in [2.75, 3.05) is 18.4 Å². The second-order valence-electron chi connectivity index (χ2n) is 5.59. The Morgan fingerprint density at radius 1 is 1.33 bits per heavy atom. The van der Waals surface area contributed by atoms with E-state index < -0.39 is 0 Å². The Bertz CT molecular complexity index is 666. The van der Waals surface area contributed by atoms with Crippen LogP contribution in [0.5, 0.6) is 0 Å². The van der Waals surface area contributed by atoms with E-state index in [1.165, 1.54) is 0 Å². The Kier molecular flexibility index (Phi) is 3.97. The Balaban J connectivity index is 1.82. The lowest BCUT2D eigenvalue weighted by molar-refractivity contribution is 0.186. The van der Waals surface area contributed by atoms with Gasteiger partial charge in [0, 0.05) is 24.7 Å². The van der Waals surface area contributed by atoms with Gasteiger partial charge in [-0.2, -0.15) is 0 Å². The molecule has 0 saturated carbocycles. The van der Waals surface area contributed by atoms with E-state index in [9.17, 15) is 4.79 Å². The molecule has 1 aliphatic rings. The first kappa shape index (κ1) is 14.1. The molecule has 1 aliphatic heterocycles. The van der Waals surface area contributed by atoms with Crippen LogP contribution in [0.4, 0.5) is 10.5 Å². The van der Waals surface area contributed by atoms with Crippen molar-refractivity contribution < 1.29 is 4.79 Å². The quantitative estimate of drug-likeness (QED) is 0.860. The molecule has 2 heterocycles. The zero-order valence-electron chi connectivity index (χ0n) is 12.0. The molecule has 1 fully saturated rings. The van der Waals surface area contributed by atoms with Crippen LogP contribution < -0.4 is 5.32 Å². The van der Waals surface area contributed by atoms with Gasteiger partial charge in [-0.05, 0) is 43.0 Å². The summed E-state index contributed by atoms with van der Waals surface area (Å²) >= 11 is 6.17. The van der Waals surface area contributed by atoms with Crippen molar-refractivity contribution in [3.63, 3.8) is 0 Å². The molecule has 1 saturated heterocycles. The van der Waals surface area contributed by atoms with Gasteiger partial charge in [-0.15, -0.1) is 0 Å². The monoisotopic (exact) mass is 303 g/mol. The molecule has 1 aromatic heterocycles. The van der Waals surface area contributed by atoms with Crippen LogP contribution in [0.15, 0.2) is 30.5 Å². The summed E-state index contributed by atoms with van der Waals surface area (Å²) in [5, 5.41) is 4.46. The highest BCUT2D eigenvalue weighted by atomic mass is 35.5. The first-order valence-electron chi connectivity index (χ1n) is 7.24. The Morgan fingerprint density at radius 3 is 2.86 bits per heavy atom. The average Bonchev–Trinajstić information content (AvgIpc) is 2.51. The lowest BCUT2D eigenvalue weighted by Gasteiger charge is -2.30. The van der Waals surface area contributed by atoms with E-state index in [0.29, 0.717) is 16.6 Å².